The van der Waals surface area contributed by atoms with Crippen molar-refractivity contribution in [2.75, 3.05) is 20.2 Å². The molecule has 116 valence electrons. The molecule has 0 N–H and O–H groups in total. The van der Waals surface area contributed by atoms with Crippen LogP contribution in [0.3, 0.4) is 0 Å². The van der Waals surface area contributed by atoms with Crippen LogP contribution >= 0.6 is 0 Å². The van der Waals surface area contributed by atoms with E-state index in [-0.39, 0.29) is 6.09 Å². The van der Waals surface area contributed by atoms with Crippen molar-refractivity contribution in [1.82, 2.24) is 4.90 Å². The number of ether oxygens (including phenoxy) is 2. The molecule has 4 nitrogen and oxygen atoms in total. The monoisotopic (exact) mass is 291 g/mol. The van der Waals surface area contributed by atoms with Gasteiger partial charge in [0.1, 0.15) is 6.61 Å². The van der Waals surface area contributed by atoms with Gasteiger partial charge in [-0.3, -0.25) is 0 Å². The van der Waals surface area contributed by atoms with E-state index in [1.165, 1.54) is 12.8 Å². The van der Waals surface area contributed by atoms with Crippen molar-refractivity contribution >= 4 is 6.09 Å². The summed E-state index contributed by atoms with van der Waals surface area (Å²) in [4.78, 5) is 13.4. The summed E-state index contributed by atoms with van der Waals surface area (Å²) in [6.07, 6.45) is 3.36. The molecule has 0 unspecified atom stereocenters. The molecule has 1 amide bonds. The van der Waals surface area contributed by atoms with Gasteiger partial charge in [0.05, 0.1) is 6.10 Å². The molecule has 2 rings (SSSR count). The maximum absolute atomic E-state index is 11.8. The maximum Gasteiger partial charge on any atom is 0.409 e. The number of hydrogen-bond donors (Lipinski definition) is 0. The summed E-state index contributed by atoms with van der Waals surface area (Å²) < 4.78 is 11.0. The molecular formula is C17H25NO3. The summed E-state index contributed by atoms with van der Waals surface area (Å²) >= 11 is 0. The van der Waals surface area contributed by atoms with Crippen LogP contribution in [0, 0.1) is 5.92 Å². The molecule has 0 spiro atoms. The van der Waals surface area contributed by atoms with Gasteiger partial charge in [-0.15, -0.1) is 0 Å². The van der Waals surface area contributed by atoms with Gasteiger partial charge in [0.2, 0.25) is 0 Å². The van der Waals surface area contributed by atoms with Crippen LogP contribution in [0.25, 0.3) is 0 Å². The highest BCUT2D eigenvalue weighted by molar-refractivity contribution is 5.67. The topological polar surface area (TPSA) is 38.8 Å². The fraction of sp³-hybridized carbons (Fsp3) is 0.588. The number of benzene rings is 1. The van der Waals surface area contributed by atoms with Crippen molar-refractivity contribution in [2.45, 2.75) is 38.9 Å². The molecular weight excluding hydrogens is 266 g/mol. The van der Waals surface area contributed by atoms with E-state index in [1.807, 2.05) is 30.3 Å². The van der Waals surface area contributed by atoms with Crippen LogP contribution < -0.4 is 0 Å². The minimum atomic E-state index is -0.281. The van der Waals surface area contributed by atoms with Gasteiger partial charge in [0.25, 0.3) is 0 Å². The van der Waals surface area contributed by atoms with Crippen molar-refractivity contribution in [1.29, 1.82) is 0 Å². The lowest BCUT2D eigenvalue weighted by molar-refractivity contribution is -0.0276. The second kappa shape index (κ2) is 8.03. The van der Waals surface area contributed by atoms with Crippen LogP contribution in [0.5, 0.6) is 0 Å². The Labute approximate surface area is 127 Å². The highest BCUT2D eigenvalue weighted by Crippen LogP contribution is 2.29. The van der Waals surface area contributed by atoms with E-state index < -0.39 is 0 Å². The predicted molar refractivity (Wildman–Crippen MR) is 82.0 cm³/mol. The van der Waals surface area contributed by atoms with Crippen LogP contribution in [-0.4, -0.2) is 37.3 Å². The Morgan fingerprint density at radius 3 is 2.67 bits per heavy atom. The standard InChI is InChI=1S/C17H25NO3/c1-14-11-16(12-14)20-10-6-9-18(2)17(19)21-13-15-7-4-3-5-8-15/h3-5,7-8,14,16H,6,9-13H2,1-2H3/t14-,16+. The molecule has 21 heavy (non-hydrogen) atoms. The number of nitrogens with zero attached hydrogens (tertiary/aromatic N) is 1. The molecule has 1 aromatic rings. The summed E-state index contributed by atoms with van der Waals surface area (Å²) in [5, 5.41) is 0. The molecule has 0 radical (unpaired) electrons. The Morgan fingerprint density at radius 1 is 1.29 bits per heavy atom. The number of amides is 1. The summed E-state index contributed by atoms with van der Waals surface area (Å²) in [6, 6.07) is 9.71. The molecule has 1 aliphatic carbocycles. The quantitative estimate of drug-likeness (QED) is 0.722. The Balaban J connectivity index is 1.55. The van der Waals surface area contributed by atoms with E-state index in [0.29, 0.717) is 25.9 Å². The minimum absolute atomic E-state index is 0.281. The first-order valence-corrected chi connectivity index (χ1v) is 7.68. The van der Waals surface area contributed by atoms with Gasteiger partial charge < -0.3 is 14.4 Å². The van der Waals surface area contributed by atoms with Crippen LogP contribution in [0.15, 0.2) is 30.3 Å². The van der Waals surface area contributed by atoms with Crippen molar-refractivity contribution in [3.63, 3.8) is 0 Å². The molecule has 0 aliphatic heterocycles. The molecule has 0 saturated heterocycles. The first-order valence-electron chi connectivity index (χ1n) is 7.68. The second-order valence-corrected chi connectivity index (χ2v) is 5.88. The lowest BCUT2D eigenvalue weighted by Crippen LogP contribution is -2.32. The predicted octanol–water partition coefficient (Wildman–Crippen LogP) is 3.46. The first-order chi connectivity index (χ1) is 10.1. The maximum atomic E-state index is 11.8. The van der Waals surface area contributed by atoms with Gasteiger partial charge in [-0.1, -0.05) is 37.3 Å². The van der Waals surface area contributed by atoms with E-state index in [1.54, 1.807) is 11.9 Å². The highest BCUT2D eigenvalue weighted by atomic mass is 16.6. The van der Waals surface area contributed by atoms with Crippen LogP contribution in [0.2, 0.25) is 0 Å². The molecule has 1 saturated carbocycles. The Kier molecular flexibility index (Phi) is 6.05. The fourth-order valence-corrected chi connectivity index (χ4v) is 2.44. The summed E-state index contributed by atoms with van der Waals surface area (Å²) in [5.41, 5.74) is 1.00. The minimum Gasteiger partial charge on any atom is -0.445 e. The Bertz CT molecular complexity index is 429. The lowest BCUT2D eigenvalue weighted by Gasteiger charge is -2.32. The smallest absolute Gasteiger partial charge is 0.409 e. The zero-order chi connectivity index (χ0) is 15.1. The number of rotatable bonds is 7. The summed E-state index contributed by atoms with van der Waals surface area (Å²) in [6.45, 7) is 3.94. The van der Waals surface area contributed by atoms with Crippen LogP contribution in [0.1, 0.15) is 31.7 Å². The van der Waals surface area contributed by atoms with Gasteiger partial charge in [0, 0.05) is 20.2 Å². The second-order valence-electron chi connectivity index (χ2n) is 5.88. The van der Waals surface area contributed by atoms with Gasteiger partial charge in [-0.25, -0.2) is 4.79 Å². The molecule has 1 fully saturated rings. The third kappa shape index (κ3) is 5.38. The van der Waals surface area contributed by atoms with Crippen molar-refractivity contribution < 1.29 is 14.3 Å². The normalized spacial score (nSPS) is 20.7. The Hall–Kier alpha value is -1.55. The van der Waals surface area contributed by atoms with Gasteiger partial charge >= 0.3 is 6.09 Å². The SMILES string of the molecule is CN(CCCO[C@H]1C[C@@H](C)C1)C(=O)OCc1ccccc1. The zero-order valence-electron chi connectivity index (χ0n) is 13.0. The van der Waals surface area contributed by atoms with Crippen LogP contribution in [-0.2, 0) is 16.1 Å². The highest BCUT2D eigenvalue weighted by Gasteiger charge is 2.25. The fourth-order valence-electron chi connectivity index (χ4n) is 2.44. The summed E-state index contributed by atoms with van der Waals surface area (Å²) in [7, 11) is 1.76. The molecule has 1 aromatic carbocycles. The molecule has 4 heteroatoms. The zero-order valence-corrected chi connectivity index (χ0v) is 13.0. The van der Waals surface area contributed by atoms with Crippen LogP contribution in [0.4, 0.5) is 4.79 Å². The van der Waals surface area contributed by atoms with Crippen molar-refractivity contribution in [2.24, 2.45) is 5.92 Å². The van der Waals surface area contributed by atoms with E-state index in [0.717, 1.165) is 17.9 Å². The van der Waals surface area contributed by atoms with E-state index >= 15 is 0 Å². The molecule has 0 atom stereocenters. The van der Waals surface area contributed by atoms with Gasteiger partial charge in [-0.05, 0) is 30.7 Å². The molecule has 0 bridgehead atoms. The number of carbonyl (C=O) groups excluding carboxylic acids is 1. The molecule has 0 heterocycles. The number of hydrogen-bond acceptors (Lipinski definition) is 3. The molecule has 0 aromatic heterocycles. The lowest BCUT2D eigenvalue weighted by atomic mass is 9.84. The van der Waals surface area contributed by atoms with E-state index in [4.69, 9.17) is 9.47 Å². The third-order valence-electron chi connectivity index (χ3n) is 3.84. The largest absolute Gasteiger partial charge is 0.445 e. The van der Waals surface area contributed by atoms with E-state index in [2.05, 4.69) is 6.92 Å². The van der Waals surface area contributed by atoms with Gasteiger partial charge in [-0.2, -0.15) is 0 Å². The average molecular weight is 291 g/mol. The van der Waals surface area contributed by atoms with Crippen molar-refractivity contribution in [3.8, 4) is 0 Å². The Morgan fingerprint density at radius 2 is 2.00 bits per heavy atom. The third-order valence-corrected chi connectivity index (χ3v) is 3.84. The van der Waals surface area contributed by atoms with Gasteiger partial charge in [0.15, 0.2) is 0 Å². The van der Waals surface area contributed by atoms with Crippen molar-refractivity contribution in [3.05, 3.63) is 35.9 Å². The number of carbonyl (C=O) groups is 1. The first kappa shape index (κ1) is 15.8. The molecule has 1 aliphatic rings. The van der Waals surface area contributed by atoms with E-state index in [9.17, 15) is 4.79 Å². The summed E-state index contributed by atoms with van der Waals surface area (Å²) in [5.74, 6) is 0.811. The average Bonchev–Trinajstić information content (AvgIpc) is 2.47.